The second-order valence-corrected chi connectivity index (χ2v) is 8.79. The number of halogens is 3. The number of thiophene rings is 2. The van der Waals surface area contributed by atoms with Gasteiger partial charge in [-0.05, 0) is 41.1 Å². The summed E-state index contributed by atoms with van der Waals surface area (Å²) < 4.78 is 43.9. The van der Waals surface area contributed by atoms with Gasteiger partial charge in [-0.1, -0.05) is 42.5 Å². The van der Waals surface area contributed by atoms with Crippen LogP contribution >= 0.6 is 22.7 Å². The van der Waals surface area contributed by atoms with Crippen molar-refractivity contribution in [3.63, 3.8) is 0 Å². The summed E-state index contributed by atoms with van der Waals surface area (Å²) in [6.07, 6.45) is 0. The fraction of sp³-hybridized carbons (Fsp3) is 0.0435. The molecule has 0 spiro atoms. The monoisotopic (exact) mass is 425 g/mol. The molecule has 0 amide bonds. The number of benzene rings is 3. The fourth-order valence-electron chi connectivity index (χ4n) is 3.32. The molecular weight excluding hydrogens is 411 g/mol. The Morgan fingerprint density at radius 3 is 1.76 bits per heavy atom. The van der Waals surface area contributed by atoms with Crippen molar-refractivity contribution in [1.29, 1.82) is 0 Å². The molecule has 1 nitrogen and oxygen atoms in total. The van der Waals surface area contributed by atoms with Gasteiger partial charge in [-0.2, -0.15) is 0 Å². The van der Waals surface area contributed by atoms with E-state index >= 15 is 0 Å². The fourth-order valence-corrected chi connectivity index (χ4v) is 5.53. The first-order valence-electron chi connectivity index (χ1n) is 8.97. The molecule has 6 heteroatoms. The van der Waals surface area contributed by atoms with Crippen molar-refractivity contribution in [3.8, 4) is 0 Å². The van der Waals surface area contributed by atoms with E-state index in [1.807, 2.05) is 65.6 Å². The highest BCUT2D eigenvalue weighted by molar-refractivity contribution is 7.25. The van der Waals surface area contributed by atoms with Crippen molar-refractivity contribution in [2.75, 3.05) is 4.90 Å². The summed E-state index contributed by atoms with van der Waals surface area (Å²) in [5.74, 6) is -3.76. The lowest BCUT2D eigenvalue weighted by molar-refractivity contribution is 0.441. The Bertz CT molecular complexity index is 1200. The minimum Gasteiger partial charge on any atom is -0.320 e. The van der Waals surface area contributed by atoms with Crippen LogP contribution in [0.1, 0.15) is 5.56 Å². The van der Waals surface area contributed by atoms with Gasteiger partial charge in [0.1, 0.15) is 0 Å². The average molecular weight is 426 g/mol. The van der Waals surface area contributed by atoms with Crippen molar-refractivity contribution < 1.29 is 13.2 Å². The summed E-state index contributed by atoms with van der Waals surface area (Å²) in [6.45, 7) is 0.0999. The van der Waals surface area contributed by atoms with E-state index in [1.54, 1.807) is 22.7 Å². The van der Waals surface area contributed by atoms with Gasteiger partial charge in [-0.25, -0.2) is 13.2 Å². The molecule has 144 valence electrons. The summed E-state index contributed by atoms with van der Waals surface area (Å²) in [5, 5.41) is 4.01. The van der Waals surface area contributed by atoms with Crippen LogP contribution in [0.2, 0.25) is 0 Å². The van der Waals surface area contributed by atoms with E-state index in [-0.39, 0.29) is 12.1 Å². The minimum atomic E-state index is -1.44. The van der Waals surface area contributed by atoms with Crippen LogP contribution in [0.25, 0.3) is 20.2 Å². The van der Waals surface area contributed by atoms with Crippen LogP contribution in [0.4, 0.5) is 23.2 Å². The molecule has 0 saturated carbocycles. The minimum absolute atomic E-state index is 0.0999. The largest absolute Gasteiger partial charge is 0.320 e. The maximum absolute atomic E-state index is 14.4. The zero-order chi connectivity index (χ0) is 20.0. The van der Waals surface area contributed by atoms with Gasteiger partial charge in [-0.15, -0.1) is 22.7 Å². The highest BCUT2D eigenvalue weighted by atomic mass is 32.1. The van der Waals surface area contributed by atoms with Gasteiger partial charge in [0.25, 0.3) is 0 Å². The Hall–Kier alpha value is -2.83. The van der Waals surface area contributed by atoms with Crippen LogP contribution < -0.4 is 4.90 Å². The van der Waals surface area contributed by atoms with Crippen molar-refractivity contribution in [1.82, 2.24) is 0 Å². The van der Waals surface area contributed by atoms with Crippen LogP contribution in [-0.2, 0) is 6.54 Å². The molecule has 0 fully saturated rings. The Morgan fingerprint density at radius 2 is 1.21 bits per heavy atom. The van der Waals surface area contributed by atoms with Crippen molar-refractivity contribution in [3.05, 3.63) is 95.8 Å². The summed E-state index contributed by atoms with van der Waals surface area (Å²) in [6, 6.07) is 22.4. The molecule has 0 N–H and O–H groups in total. The van der Waals surface area contributed by atoms with E-state index in [0.717, 1.165) is 36.2 Å². The molecule has 5 rings (SSSR count). The first kappa shape index (κ1) is 18.2. The number of hydrogen-bond donors (Lipinski definition) is 0. The lowest BCUT2D eigenvalue weighted by Gasteiger charge is -2.22. The molecule has 29 heavy (non-hydrogen) atoms. The first-order valence-corrected chi connectivity index (χ1v) is 10.6. The first-order chi connectivity index (χ1) is 14.1. The molecule has 0 saturated heterocycles. The highest BCUT2D eigenvalue weighted by Gasteiger charge is 2.20. The second kappa shape index (κ2) is 7.21. The summed E-state index contributed by atoms with van der Waals surface area (Å²) in [4.78, 5) is 1.96. The Morgan fingerprint density at radius 1 is 0.655 bits per heavy atom. The van der Waals surface area contributed by atoms with E-state index in [4.69, 9.17) is 0 Å². The normalized spacial score (nSPS) is 11.4. The predicted octanol–water partition coefficient (Wildman–Crippen LogP) is 7.87. The second-order valence-electron chi connectivity index (χ2n) is 6.67. The molecule has 0 radical (unpaired) electrons. The molecular formula is C23H14F3NS2. The SMILES string of the molecule is Fc1ccc(CN(c2cc3ccccc3s2)c2cc3ccccc3s2)c(F)c1F. The van der Waals surface area contributed by atoms with Crippen LogP contribution in [0.3, 0.4) is 0 Å². The van der Waals surface area contributed by atoms with Crippen molar-refractivity contribution >= 4 is 52.8 Å². The maximum Gasteiger partial charge on any atom is 0.194 e. The predicted molar refractivity (Wildman–Crippen MR) is 116 cm³/mol. The van der Waals surface area contributed by atoms with E-state index in [1.165, 1.54) is 6.07 Å². The molecule has 2 aromatic heterocycles. The smallest absolute Gasteiger partial charge is 0.194 e. The van der Waals surface area contributed by atoms with Crippen LogP contribution in [-0.4, -0.2) is 0 Å². The van der Waals surface area contributed by atoms with Gasteiger partial charge in [0.05, 0.1) is 16.5 Å². The summed E-state index contributed by atoms with van der Waals surface area (Å²) in [5.41, 5.74) is 0.110. The van der Waals surface area contributed by atoms with Gasteiger partial charge in [0, 0.05) is 15.0 Å². The summed E-state index contributed by atoms with van der Waals surface area (Å²) in [7, 11) is 0. The third kappa shape index (κ3) is 3.28. The third-order valence-corrected chi connectivity index (χ3v) is 7.08. The van der Waals surface area contributed by atoms with Gasteiger partial charge in [-0.3, -0.25) is 0 Å². The summed E-state index contributed by atoms with van der Waals surface area (Å²) >= 11 is 3.17. The molecule has 3 aromatic carbocycles. The van der Waals surface area contributed by atoms with Crippen molar-refractivity contribution in [2.24, 2.45) is 0 Å². The van der Waals surface area contributed by atoms with Gasteiger partial charge >= 0.3 is 0 Å². The average Bonchev–Trinajstić information content (AvgIpc) is 3.35. The molecule has 2 heterocycles. The van der Waals surface area contributed by atoms with Gasteiger partial charge < -0.3 is 4.90 Å². The third-order valence-electron chi connectivity index (χ3n) is 4.80. The van der Waals surface area contributed by atoms with Gasteiger partial charge in [0.15, 0.2) is 17.5 Å². The molecule has 0 aliphatic heterocycles. The molecule has 0 unspecified atom stereocenters. The maximum atomic E-state index is 14.4. The van der Waals surface area contributed by atoms with E-state index in [2.05, 4.69) is 0 Å². The quantitative estimate of drug-likeness (QED) is 0.265. The van der Waals surface area contributed by atoms with Crippen molar-refractivity contribution in [2.45, 2.75) is 6.54 Å². The molecule has 5 aromatic rings. The van der Waals surface area contributed by atoms with E-state index in [9.17, 15) is 13.2 Å². The van der Waals surface area contributed by atoms with Crippen LogP contribution in [0.5, 0.6) is 0 Å². The zero-order valence-electron chi connectivity index (χ0n) is 15.0. The standard InChI is InChI=1S/C23H14F3NS2/c24-17-10-9-16(22(25)23(17)26)13-27(20-11-14-5-1-3-7-18(14)28-20)21-12-15-6-2-4-8-19(15)29-21/h1-12H,13H2. The topological polar surface area (TPSA) is 3.24 Å². The molecule has 0 aliphatic carbocycles. The number of anilines is 2. The highest BCUT2D eigenvalue weighted by Crippen LogP contribution is 2.42. The molecule has 0 bridgehead atoms. The number of nitrogens with zero attached hydrogens (tertiary/aromatic N) is 1. The lowest BCUT2D eigenvalue weighted by atomic mass is 10.2. The zero-order valence-corrected chi connectivity index (χ0v) is 16.7. The Labute approximate surface area is 173 Å². The van der Waals surface area contributed by atoms with Gasteiger partial charge in [0.2, 0.25) is 0 Å². The number of rotatable bonds is 4. The molecule has 0 atom stereocenters. The lowest BCUT2D eigenvalue weighted by Crippen LogP contribution is -2.16. The van der Waals surface area contributed by atoms with Crippen LogP contribution in [0.15, 0.2) is 72.8 Å². The number of fused-ring (bicyclic) bond motifs is 2. The van der Waals surface area contributed by atoms with Crippen LogP contribution in [0, 0.1) is 17.5 Å². The van der Waals surface area contributed by atoms with E-state index < -0.39 is 17.5 Å². The molecule has 0 aliphatic rings. The van der Waals surface area contributed by atoms with E-state index in [0.29, 0.717) is 0 Å². The number of hydrogen-bond acceptors (Lipinski definition) is 3. The Balaban J connectivity index is 1.65. The Kier molecular flexibility index (Phi) is 4.53.